The second kappa shape index (κ2) is 9.95. The minimum Gasteiger partial charge on any atom is -0.459 e. The fourth-order valence-corrected chi connectivity index (χ4v) is 2.32. The van der Waals surface area contributed by atoms with E-state index in [-0.39, 0.29) is 0 Å². The van der Waals surface area contributed by atoms with Crippen LogP contribution in [0.5, 0.6) is 0 Å². The van der Waals surface area contributed by atoms with E-state index in [4.69, 9.17) is 18.9 Å². The van der Waals surface area contributed by atoms with Gasteiger partial charge in [-0.3, -0.25) is 9.59 Å². The maximum absolute atomic E-state index is 11.3. The molecule has 8 nitrogen and oxygen atoms in total. The van der Waals surface area contributed by atoms with Crippen molar-refractivity contribution in [1.82, 2.24) is 0 Å². The molecule has 0 saturated heterocycles. The highest BCUT2D eigenvalue weighted by Gasteiger charge is 2.30. The summed E-state index contributed by atoms with van der Waals surface area (Å²) in [5.41, 5.74) is 0. The Balaban J connectivity index is 2.82. The molecule has 25 heavy (non-hydrogen) atoms. The Hall–Kier alpha value is -2.19. The molecule has 0 aromatic heterocycles. The van der Waals surface area contributed by atoms with Crippen LogP contribution < -0.4 is 0 Å². The van der Waals surface area contributed by atoms with Crippen LogP contribution in [0.4, 0.5) is 0 Å². The molecule has 0 aliphatic carbocycles. The Morgan fingerprint density at radius 2 is 1.84 bits per heavy atom. The molecule has 1 aliphatic heterocycles. The molecule has 0 spiro atoms. The van der Waals surface area contributed by atoms with Gasteiger partial charge in [0, 0.05) is 33.5 Å². The van der Waals surface area contributed by atoms with Gasteiger partial charge in [0.05, 0.1) is 0 Å². The lowest BCUT2D eigenvalue weighted by molar-refractivity contribution is -0.160. The first-order chi connectivity index (χ1) is 11.7. The highest BCUT2D eigenvalue weighted by Crippen LogP contribution is 2.17. The van der Waals surface area contributed by atoms with Gasteiger partial charge in [-0.25, -0.2) is 4.79 Å². The van der Waals surface area contributed by atoms with Crippen LogP contribution in [0.2, 0.25) is 0 Å². The van der Waals surface area contributed by atoms with Gasteiger partial charge < -0.3 is 24.1 Å². The predicted octanol–water partition coefficient (Wildman–Crippen LogP) is 0.673. The Morgan fingerprint density at radius 1 is 1.24 bits per heavy atom. The third kappa shape index (κ3) is 7.06. The minimum atomic E-state index is -1.11. The second-order valence-corrected chi connectivity index (χ2v) is 5.58. The van der Waals surface area contributed by atoms with E-state index in [0.29, 0.717) is 6.42 Å². The second-order valence-electron chi connectivity index (χ2n) is 5.58. The molecule has 8 heteroatoms. The lowest BCUT2D eigenvalue weighted by atomic mass is 10.0. The number of hydrogen-bond acceptors (Lipinski definition) is 8. The highest BCUT2D eigenvalue weighted by molar-refractivity contribution is 5.82. The normalized spacial score (nSPS) is 22.0. The molecular formula is C17H24O8. The zero-order valence-electron chi connectivity index (χ0n) is 14.7. The average Bonchev–Trinajstić information content (AvgIpc) is 2.53. The summed E-state index contributed by atoms with van der Waals surface area (Å²) in [6.07, 6.45) is 1.96. The Morgan fingerprint density at radius 3 is 2.36 bits per heavy atom. The minimum absolute atomic E-state index is 0.359. The van der Waals surface area contributed by atoms with Crippen LogP contribution in [0.3, 0.4) is 0 Å². The Labute approximate surface area is 146 Å². The van der Waals surface area contributed by atoms with Crippen LogP contribution in [-0.2, 0) is 33.3 Å². The first kappa shape index (κ1) is 20.9. The van der Waals surface area contributed by atoms with E-state index < -0.39 is 48.4 Å². The van der Waals surface area contributed by atoms with E-state index in [2.05, 4.69) is 0 Å². The molecule has 0 amide bonds. The Kier molecular flexibility index (Phi) is 8.30. The first-order valence-electron chi connectivity index (χ1n) is 7.85. The molecule has 0 unspecified atom stereocenters. The SMILES string of the molecule is CO[C@H](/C=C/[C@H](OC(C)=O)[C@H](C)OC(C)=O)[C@@H](O)[C@H]1CC=CC(=O)O1. The van der Waals surface area contributed by atoms with Crippen molar-refractivity contribution in [2.75, 3.05) is 7.11 Å². The van der Waals surface area contributed by atoms with Crippen LogP contribution in [0.15, 0.2) is 24.3 Å². The van der Waals surface area contributed by atoms with Gasteiger partial charge in [0.15, 0.2) is 6.10 Å². The van der Waals surface area contributed by atoms with Crippen LogP contribution in [0, 0.1) is 0 Å². The number of aliphatic hydroxyl groups is 1. The third-order valence-corrected chi connectivity index (χ3v) is 3.49. The van der Waals surface area contributed by atoms with E-state index in [1.807, 2.05) is 0 Å². The molecule has 1 N–H and O–H groups in total. The van der Waals surface area contributed by atoms with Gasteiger partial charge in [-0.2, -0.15) is 0 Å². The number of esters is 3. The number of rotatable bonds is 8. The largest absolute Gasteiger partial charge is 0.459 e. The molecule has 1 heterocycles. The first-order valence-corrected chi connectivity index (χ1v) is 7.85. The molecule has 0 radical (unpaired) electrons. The number of methoxy groups -OCH3 is 1. The summed E-state index contributed by atoms with van der Waals surface area (Å²) in [6, 6.07) is 0. The number of cyclic esters (lactones) is 1. The summed E-state index contributed by atoms with van der Waals surface area (Å²) in [7, 11) is 1.38. The summed E-state index contributed by atoms with van der Waals surface area (Å²) >= 11 is 0. The van der Waals surface area contributed by atoms with Gasteiger partial charge in [0.25, 0.3) is 0 Å². The van der Waals surface area contributed by atoms with Gasteiger partial charge in [-0.15, -0.1) is 0 Å². The number of ether oxygens (including phenoxy) is 4. The molecule has 140 valence electrons. The van der Waals surface area contributed by atoms with Crippen molar-refractivity contribution in [3.63, 3.8) is 0 Å². The molecule has 0 fully saturated rings. The topological polar surface area (TPSA) is 108 Å². The van der Waals surface area contributed by atoms with Crippen molar-refractivity contribution >= 4 is 17.9 Å². The van der Waals surface area contributed by atoms with Crippen molar-refractivity contribution < 1.29 is 38.4 Å². The van der Waals surface area contributed by atoms with Crippen molar-refractivity contribution in [2.45, 2.75) is 57.7 Å². The van der Waals surface area contributed by atoms with Crippen LogP contribution >= 0.6 is 0 Å². The molecular weight excluding hydrogens is 332 g/mol. The van der Waals surface area contributed by atoms with Crippen LogP contribution in [0.25, 0.3) is 0 Å². The maximum atomic E-state index is 11.3. The van der Waals surface area contributed by atoms with Crippen molar-refractivity contribution in [3.05, 3.63) is 24.3 Å². The molecule has 1 rings (SSSR count). The van der Waals surface area contributed by atoms with Crippen LogP contribution in [0.1, 0.15) is 27.2 Å². The van der Waals surface area contributed by atoms with E-state index in [1.54, 1.807) is 13.0 Å². The van der Waals surface area contributed by atoms with Gasteiger partial charge in [-0.05, 0) is 13.0 Å². The number of carbonyl (C=O) groups is 3. The zero-order chi connectivity index (χ0) is 19.0. The Bertz CT molecular complexity index is 539. The highest BCUT2D eigenvalue weighted by atomic mass is 16.6. The third-order valence-electron chi connectivity index (χ3n) is 3.49. The lowest BCUT2D eigenvalue weighted by Gasteiger charge is -2.28. The summed E-state index contributed by atoms with van der Waals surface area (Å²) in [6.45, 7) is 4.06. The lowest BCUT2D eigenvalue weighted by Crippen LogP contribution is -2.41. The molecule has 0 aromatic rings. The average molecular weight is 356 g/mol. The summed E-state index contributed by atoms with van der Waals surface area (Å²) in [5, 5.41) is 10.3. The fourth-order valence-electron chi connectivity index (χ4n) is 2.32. The molecule has 0 saturated carbocycles. The predicted molar refractivity (Wildman–Crippen MR) is 86.4 cm³/mol. The van der Waals surface area contributed by atoms with E-state index >= 15 is 0 Å². The van der Waals surface area contributed by atoms with Gasteiger partial charge in [0.1, 0.15) is 24.4 Å². The zero-order valence-corrected chi connectivity index (χ0v) is 14.7. The molecule has 1 aliphatic rings. The standard InChI is InChI=1S/C17H24O8/c1-10(23-11(2)18)13(24-12(3)19)8-9-14(22-4)17(21)15-6-5-7-16(20)25-15/h5,7-10,13-15,17,21H,6H2,1-4H3/b9-8+/t10-,13-,14+,15+,17+/m0/s1. The summed E-state index contributed by atoms with van der Waals surface area (Å²) in [4.78, 5) is 33.6. The maximum Gasteiger partial charge on any atom is 0.330 e. The van der Waals surface area contributed by atoms with Crippen molar-refractivity contribution in [2.24, 2.45) is 0 Å². The number of carbonyl (C=O) groups excluding carboxylic acids is 3. The fraction of sp³-hybridized carbons (Fsp3) is 0.588. The number of aliphatic hydroxyl groups excluding tert-OH is 1. The van der Waals surface area contributed by atoms with E-state index in [0.717, 1.165) is 0 Å². The summed E-state index contributed by atoms with van der Waals surface area (Å²) < 4.78 is 20.4. The summed E-state index contributed by atoms with van der Waals surface area (Å²) in [5.74, 6) is -1.59. The van der Waals surface area contributed by atoms with Gasteiger partial charge in [0.2, 0.25) is 0 Å². The molecule has 0 aromatic carbocycles. The van der Waals surface area contributed by atoms with Gasteiger partial charge >= 0.3 is 17.9 Å². The molecule has 0 bridgehead atoms. The monoisotopic (exact) mass is 356 g/mol. The van der Waals surface area contributed by atoms with Crippen LogP contribution in [-0.4, -0.2) is 60.6 Å². The van der Waals surface area contributed by atoms with E-state index in [9.17, 15) is 19.5 Å². The van der Waals surface area contributed by atoms with E-state index in [1.165, 1.54) is 39.2 Å². The van der Waals surface area contributed by atoms with Crippen molar-refractivity contribution in [3.8, 4) is 0 Å². The molecule has 5 atom stereocenters. The van der Waals surface area contributed by atoms with Crippen molar-refractivity contribution in [1.29, 1.82) is 0 Å². The quantitative estimate of drug-likeness (QED) is 0.384. The van der Waals surface area contributed by atoms with Gasteiger partial charge in [-0.1, -0.05) is 12.2 Å². The smallest absolute Gasteiger partial charge is 0.330 e. The number of hydrogen-bond donors (Lipinski definition) is 1.